The van der Waals surface area contributed by atoms with E-state index in [4.69, 9.17) is 4.98 Å². The first-order valence-corrected chi connectivity index (χ1v) is 11.2. The van der Waals surface area contributed by atoms with Crippen LogP contribution in [0.1, 0.15) is 47.4 Å². The van der Waals surface area contributed by atoms with Gasteiger partial charge >= 0.3 is 0 Å². The molecule has 0 radical (unpaired) electrons. The first-order chi connectivity index (χ1) is 16.1. The van der Waals surface area contributed by atoms with Crippen molar-refractivity contribution in [3.63, 3.8) is 0 Å². The molecule has 2 aromatic carbocycles. The highest BCUT2D eigenvalue weighted by Gasteiger charge is 2.29. The van der Waals surface area contributed by atoms with E-state index in [1.54, 1.807) is 18.2 Å². The molecule has 1 unspecified atom stereocenters. The quantitative estimate of drug-likeness (QED) is 0.370. The first-order valence-electron chi connectivity index (χ1n) is 11.2. The van der Waals surface area contributed by atoms with Gasteiger partial charge in [-0.2, -0.15) is 0 Å². The van der Waals surface area contributed by atoms with Gasteiger partial charge in [-0.1, -0.05) is 36.4 Å². The lowest BCUT2D eigenvalue weighted by atomic mass is 10.0. The second kappa shape index (κ2) is 9.02. The number of carbonyl (C=O) groups is 1. The number of aromatic amines is 1. The van der Waals surface area contributed by atoms with Crippen molar-refractivity contribution in [1.29, 1.82) is 0 Å². The number of hydrogen-bond acceptors (Lipinski definition) is 4. The fraction of sp³-hybridized carbons (Fsp3) is 0.269. The predicted octanol–water partition coefficient (Wildman–Crippen LogP) is 4.66. The minimum Gasteiger partial charge on any atom is -0.373 e. The van der Waals surface area contributed by atoms with E-state index in [0.717, 1.165) is 46.6 Å². The summed E-state index contributed by atoms with van der Waals surface area (Å²) in [5.74, 6) is 1.29. The molecule has 1 aliphatic carbocycles. The molecule has 2 aromatic heterocycles. The molecule has 3 N–H and O–H groups in total. The van der Waals surface area contributed by atoms with Gasteiger partial charge in [0, 0.05) is 42.6 Å². The molecule has 5 rings (SSSR count). The van der Waals surface area contributed by atoms with Crippen LogP contribution in [0.3, 0.4) is 0 Å². The first kappa shape index (κ1) is 21.1. The molecule has 0 aliphatic heterocycles. The molecule has 1 atom stereocenters. The highest BCUT2D eigenvalue weighted by atomic mass is 19.1. The largest absolute Gasteiger partial charge is 0.373 e. The van der Waals surface area contributed by atoms with Gasteiger partial charge in [0.05, 0.1) is 18.2 Å². The number of para-hydroxylation sites is 1. The minimum absolute atomic E-state index is 0.0312. The van der Waals surface area contributed by atoms with Crippen molar-refractivity contribution in [2.75, 3.05) is 12.4 Å². The summed E-state index contributed by atoms with van der Waals surface area (Å²) < 4.78 is 14.1. The third-order valence-electron chi connectivity index (χ3n) is 6.06. The molecule has 1 aliphatic rings. The molecule has 1 fully saturated rings. The van der Waals surface area contributed by atoms with E-state index >= 15 is 0 Å². The van der Waals surface area contributed by atoms with E-state index in [2.05, 4.69) is 26.7 Å². The van der Waals surface area contributed by atoms with Crippen LogP contribution < -0.4 is 10.6 Å². The third kappa shape index (κ3) is 4.72. The fourth-order valence-electron chi connectivity index (χ4n) is 4.13. The molecule has 0 saturated heterocycles. The van der Waals surface area contributed by atoms with Gasteiger partial charge in [-0.05, 0) is 36.1 Å². The molecule has 33 heavy (non-hydrogen) atoms. The number of nitrogens with zero attached hydrogens (tertiary/aromatic N) is 2. The zero-order chi connectivity index (χ0) is 22.8. The van der Waals surface area contributed by atoms with Gasteiger partial charge in [-0.25, -0.2) is 14.4 Å². The number of H-pyrrole nitrogens is 1. The van der Waals surface area contributed by atoms with Crippen LogP contribution in [-0.4, -0.2) is 27.9 Å². The van der Waals surface area contributed by atoms with Crippen LogP contribution in [0.15, 0.2) is 60.8 Å². The van der Waals surface area contributed by atoms with Crippen LogP contribution in [-0.2, 0) is 17.6 Å². The van der Waals surface area contributed by atoms with Gasteiger partial charge in [0.1, 0.15) is 17.5 Å². The number of benzene rings is 2. The molecule has 7 heteroatoms. The number of carbonyl (C=O) groups excluding carboxylic acids is 1. The Kier molecular flexibility index (Phi) is 5.77. The summed E-state index contributed by atoms with van der Waals surface area (Å²) in [4.78, 5) is 25.7. The van der Waals surface area contributed by atoms with Gasteiger partial charge in [0.2, 0.25) is 5.91 Å². The van der Waals surface area contributed by atoms with Crippen LogP contribution in [0.5, 0.6) is 0 Å². The Labute approximate surface area is 191 Å². The number of fused-ring (bicyclic) bond motifs is 1. The standard InChI is InChI=1S/C26H26FN5O/c1-28-24-14-23(31-26(32-24)16-10-11-16)22(12-18-15-29-21-9-5-3-7-19(18)21)30-25(33)13-17-6-2-4-8-20(17)27/h2-9,14-16,22,29H,10-13H2,1H3,(H,30,33)(H,28,31,32). The average molecular weight is 444 g/mol. The van der Waals surface area contributed by atoms with E-state index in [1.165, 1.54) is 6.07 Å². The molecule has 2 heterocycles. The number of halogens is 1. The highest BCUT2D eigenvalue weighted by Crippen LogP contribution is 2.39. The summed E-state index contributed by atoms with van der Waals surface area (Å²) in [5, 5.41) is 7.33. The number of rotatable bonds is 8. The van der Waals surface area contributed by atoms with Crippen molar-refractivity contribution in [2.24, 2.45) is 0 Å². The molecule has 4 aromatic rings. The second-order valence-corrected chi connectivity index (χ2v) is 8.51. The lowest BCUT2D eigenvalue weighted by molar-refractivity contribution is -0.121. The average Bonchev–Trinajstić information content (AvgIpc) is 3.61. The van der Waals surface area contributed by atoms with E-state index in [9.17, 15) is 9.18 Å². The smallest absolute Gasteiger partial charge is 0.225 e. The minimum atomic E-state index is -0.379. The van der Waals surface area contributed by atoms with Crippen molar-refractivity contribution in [3.05, 3.63) is 89.3 Å². The van der Waals surface area contributed by atoms with Crippen molar-refractivity contribution < 1.29 is 9.18 Å². The van der Waals surface area contributed by atoms with Crippen LogP contribution in [0.2, 0.25) is 0 Å². The highest BCUT2D eigenvalue weighted by molar-refractivity contribution is 5.83. The van der Waals surface area contributed by atoms with E-state index < -0.39 is 0 Å². The van der Waals surface area contributed by atoms with E-state index in [-0.39, 0.29) is 24.2 Å². The molecule has 1 saturated carbocycles. The summed E-state index contributed by atoms with van der Waals surface area (Å²) in [5.41, 5.74) is 3.25. The van der Waals surface area contributed by atoms with Crippen molar-refractivity contribution in [3.8, 4) is 0 Å². The zero-order valence-electron chi connectivity index (χ0n) is 18.4. The SMILES string of the molecule is CNc1cc(C(Cc2c[nH]c3ccccc23)NC(=O)Cc2ccccc2F)nc(C2CC2)n1. The number of anilines is 1. The second-order valence-electron chi connectivity index (χ2n) is 8.51. The van der Waals surface area contributed by atoms with Crippen molar-refractivity contribution in [2.45, 2.75) is 37.6 Å². The normalized spacial score (nSPS) is 14.2. The lowest BCUT2D eigenvalue weighted by Crippen LogP contribution is -2.32. The molecular formula is C26H26FN5O. The van der Waals surface area contributed by atoms with Crippen LogP contribution in [0, 0.1) is 5.82 Å². The predicted molar refractivity (Wildman–Crippen MR) is 127 cm³/mol. The zero-order valence-corrected chi connectivity index (χ0v) is 18.4. The molecule has 1 amide bonds. The van der Waals surface area contributed by atoms with E-state index in [0.29, 0.717) is 17.9 Å². The van der Waals surface area contributed by atoms with Gasteiger partial charge in [0.15, 0.2) is 0 Å². The van der Waals surface area contributed by atoms with Gasteiger partial charge in [-0.15, -0.1) is 0 Å². The fourth-order valence-corrected chi connectivity index (χ4v) is 4.13. The Hall–Kier alpha value is -3.74. The van der Waals surface area contributed by atoms with Crippen LogP contribution >= 0.6 is 0 Å². The topological polar surface area (TPSA) is 82.7 Å². The number of hydrogen-bond donors (Lipinski definition) is 3. The lowest BCUT2D eigenvalue weighted by Gasteiger charge is -2.20. The summed E-state index contributed by atoms with van der Waals surface area (Å²) in [6.45, 7) is 0. The van der Waals surface area contributed by atoms with Crippen molar-refractivity contribution in [1.82, 2.24) is 20.3 Å². The summed E-state index contributed by atoms with van der Waals surface area (Å²) in [6.07, 6.45) is 4.66. The monoisotopic (exact) mass is 443 g/mol. The maximum atomic E-state index is 14.1. The molecule has 0 spiro atoms. The van der Waals surface area contributed by atoms with Crippen LogP contribution in [0.25, 0.3) is 10.9 Å². The van der Waals surface area contributed by atoms with Gasteiger partial charge in [-0.3, -0.25) is 4.79 Å². The third-order valence-corrected chi connectivity index (χ3v) is 6.06. The van der Waals surface area contributed by atoms with E-state index in [1.807, 2.05) is 37.5 Å². The maximum absolute atomic E-state index is 14.1. The van der Waals surface area contributed by atoms with Gasteiger partial charge < -0.3 is 15.6 Å². The van der Waals surface area contributed by atoms with Gasteiger partial charge in [0.25, 0.3) is 0 Å². The Bertz CT molecular complexity index is 1300. The molecule has 168 valence electrons. The Morgan fingerprint density at radius 2 is 1.91 bits per heavy atom. The number of amides is 1. The summed E-state index contributed by atoms with van der Waals surface area (Å²) >= 11 is 0. The molecule has 6 nitrogen and oxygen atoms in total. The summed E-state index contributed by atoms with van der Waals surface area (Å²) in [6, 6.07) is 16.0. The molecular weight excluding hydrogens is 417 g/mol. The number of aromatic nitrogens is 3. The van der Waals surface area contributed by atoms with Crippen LogP contribution in [0.4, 0.5) is 10.2 Å². The summed E-state index contributed by atoms with van der Waals surface area (Å²) in [7, 11) is 1.83. The Balaban J connectivity index is 1.47. The Morgan fingerprint density at radius 1 is 1.12 bits per heavy atom. The maximum Gasteiger partial charge on any atom is 0.225 e. The Morgan fingerprint density at radius 3 is 2.70 bits per heavy atom. The molecule has 0 bridgehead atoms. The van der Waals surface area contributed by atoms with Crippen molar-refractivity contribution >= 4 is 22.6 Å². The number of nitrogens with one attached hydrogen (secondary N) is 3.